The molecule has 3 heterocycles. The first-order valence-corrected chi connectivity index (χ1v) is 14.6. The summed E-state index contributed by atoms with van der Waals surface area (Å²) in [6.45, 7) is 0. The van der Waals surface area contributed by atoms with Crippen molar-refractivity contribution in [3.63, 3.8) is 0 Å². The highest BCUT2D eigenvalue weighted by Gasteiger charge is 2.36. The third-order valence-corrected chi connectivity index (χ3v) is 8.59. The lowest BCUT2D eigenvalue weighted by Gasteiger charge is -2.17. The van der Waals surface area contributed by atoms with Gasteiger partial charge in [-0.05, 0) is 48.0 Å². The molecule has 0 bridgehead atoms. The number of nitrogens with one attached hydrogen (secondary N) is 1. The van der Waals surface area contributed by atoms with Gasteiger partial charge in [0.15, 0.2) is 22.9 Å². The fraction of sp³-hybridized carbons (Fsp3) is 0.0833. The summed E-state index contributed by atoms with van der Waals surface area (Å²) in [5.41, 5.74) is 7.70. The number of fused-ring (bicyclic) bond motifs is 5. The summed E-state index contributed by atoms with van der Waals surface area (Å²) in [5.74, 6) is 1.27. The summed E-state index contributed by atoms with van der Waals surface area (Å²) in [7, 11) is 4.71. The number of nitrogens with zero attached hydrogens (tertiary/aromatic N) is 3. The Balaban J connectivity index is 1.58. The molecule has 0 spiro atoms. The molecular weight excluding hydrogens is 588 g/mol. The van der Waals surface area contributed by atoms with Gasteiger partial charge in [-0.2, -0.15) is 5.10 Å². The number of H-pyrrole nitrogens is 1. The maximum Gasteiger partial charge on any atom is 0.203 e. The van der Waals surface area contributed by atoms with E-state index in [0.29, 0.717) is 66.9 Å². The molecule has 0 saturated heterocycles. The molecule has 1 N–H and O–H groups in total. The van der Waals surface area contributed by atoms with E-state index in [-0.39, 0.29) is 5.78 Å². The lowest BCUT2D eigenvalue weighted by Crippen LogP contribution is -2.03. The van der Waals surface area contributed by atoms with Crippen molar-refractivity contribution >= 4 is 39.3 Å². The second-order valence-electron chi connectivity index (χ2n) is 10.7. The van der Waals surface area contributed by atoms with Gasteiger partial charge in [-0.25, -0.2) is 9.67 Å². The van der Waals surface area contributed by atoms with E-state index in [1.807, 2.05) is 89.7 Å². The van der Waals surface area contributed by atoms with Crippen LogP contribution in [0.2, 0.25) is 5.02 Å². The van der Waals surface area contributed by atoms with E-state index in [2.05, 4.69) is 11.1 Å². The standard InChI is InChI=1S/C36H25ClN4O4/c1-43-27-16-19(17-28(44-2)35(27)45-3)29-30-32(23-9-4-5-10-24(23)34(30)42)39-36-31(29)33(25-18-38-26-11-7-6-8-22(25)26)40-41(36)21-14-12-20(37)13-15-21/h4-18,38H,1-3H3. The SMILES string of the molecule is COc1cc(-c2c3c(nc4c2c(-c2c[nH]c5ccccc25)nn4-c2ccc(Cl)cc2)-c2ccccc2C3=O)cc(OC)c1OC. The number of ether oxygens (including phenoxy) is 3. The number of aromatic nitrogens is 4. The van der Waals surface area contributed by atoms with Crippen molar-refractivity contribution < 1.29 is 19.0 Å². The van der Waals surface area contributed by atoms with E-state index in [1.54, 1.807) is 21.3 Å². The lowest BCUT2D eigenvalue weighted by atomic mass is 9.92. The Morgan fingerprint density at radius 3 is 2.16 bits per heavy atom. The summed E-state index contributed by atoms with van der Waals surface area (Å²) >= 11 is 6.28. The van der Waals surface area contributed by atoms with Gasteiger partial charge >= 0.3 is 0 Å². The number of methoxy groups -OCH3 is 3. The second kappa shape index (κ2) is 10.2. The van der Waals surface area contributed by atoms with E-state index in [1.165, 1.54) is 0 Å². The Labute approximate surface area is 262 Å². The monoisotopic (exact) mass is 612 g/mol. The highest BCUT2D eigenvalue weighted by atomic mass is 35.5. The molecule has 7 aromatic rings. The molecule has 1 aliphatic carbocycles. The molecule has 0 aliphatic heterocycles. The predicted molar refractivity (Wildman–Crippen MR) is 175 cm³/mol. The molecule has 0 fully saturated rings. The largest absolute Gasteiger partial charge is 0.493 e. The van der Waals surface area contributed by atoms with Crippen molar-refractivity contribution in [2.45, 2.75) is 0 Å². The number of rotatable bonds is 6. The lowest BCUT2D eigenvalue weighted by molar-refractivity contribution is 0.104. The first kappa shape index (κ1) is 27.0. The minimum Gasteiger partial charge on any atom is -0.493 e. The third-order valence-electron chi connectivity index (χ3n) is 8.34. The van der Waals surface area contributed by atoms with Gasteiger partial charge in [0.2, 0.25) is 5.75 Å². The van der Waals surface area contributed by atoms with Crippen molar-refractivity contribution in [1.29, 1.82) is 0 Å². The normalized spacial score (nSPS) is 12.0. The number of hydrogen-bond acceptors (Lipinski definition) is 6. The fourth-order valence-electron chi connectivity index (χ4n) is 6.32. The van der Waals surface area contributed by atoms with Crippen molar-refractivity contribution in [3.05, 3.63) is 107 Å². The molecule has 1 aliphatic rings. The third kappa shape index (κ3) is 3.96. The van der Waals surface area contributed by atoms with Gasteiger partial charge < -0.3 is 19.2 Å². The molecule has 9 heteroatoms. The van der Waals surface area contributed by atoms with Gasteiger partial charge in [0.1, 0.15) is 5.69 Å². The van der Waals surface area contributed by atoms with E-state index in [0.717, 1.165) is 27.7 Å². The summed E-state index contributed by atoms with van der Waals surface area (Å²) in [6.07, 6.45) is 1.95. The minimum atomic E-state index is -0.108. The number of hydrogen-bond donors (Lipinski definition) is 1. The molecule has 0 saturated carbocycles. The van der Waals surface area contributed by atoms with Crippen LogP contribution in [0.4, 0.5) is 0 Å². The molecule has 0 atom stereocenters. The van der Waals surface area contributed by atoms with Gasteiger partial charge in [0.25, 0.3) is 0 Å². The van der Waals surface area contributed by atoms with Gasteiger partial charge in [-0.3, -0.25) is 4.79 Å². The molecular formula is C36H25ClN4O4. The number of benzene rings is 4. The van der Waals surface area contributed by atoms with Crippen LogP contribution in [-0.4, -0.2) is 46.9 Å². The van der Waals surface area contributed by atoms with E-state index >= 15 is 0 Å². The summed E-state index contributed by atoms with van der Waals surface area (Å²) in [6, 6.07) is 26.8. The van der Waals surface area contributed by atoms with Crippen molar-refractivity contribution in [1.82, 2.24) is 19.7 Å². The molecule has 0 radical (unpaired) electrons. The maximum absolute atomic E-state index is 14.3. The van der Waals surface area contributed by atoms with Crippen LogP contribution in [0.1, 0.15) is 15.9 Å². The molecule has 8 nitrogen and oxygen atoms in total. The molecule has 0 unspecified atom stereocenters. The summed E-state index contributed by atoms with van der Waals surface area (Å²) in [5, 5.41) is 7.51. The average Bonchev–Trinajstić information content (AvgIpc) is 3.76. The Hall–Kier alpha value is -5.60. The second-order valence-corrected chi connectivity index (χ2v) is 11.1. The Bertz CT molecular complexity index is 2300. The molecule has 220 valence electrons. The van der Waals surface area contributed by atoms with Gasteiger partial charge in [0.05, 0.1) is 43.7 Å². The zero-order valence-electron chi connectivity index (χ0n) is 24.5. The fourth-order valence-corrected chi connectivity index (χ4v) is 6.44. The summed E-state index contributed by atoms with van der Waals surface area (Å²) < 4.78 is 19.0. The first-order valence-electron chi connectivity index (χ1n) is 14.3. The first-order chi connectivity index (χ1) is 22.0. The quantitative estimate of drug-likeness (QED) is 0.204. The van der Waals surface area contributed by atoms with Crippen molar-refractivity contribution in [2.24, 2.45) is 0 Å². The summed E-state index contributed by atoms with van der Waals surface area (Å²) in [4.78, 5) is 22.9. The van der Waals surface area contributed by atoms with Crippen LogP contribution in [0.5, 0.6) is 17.2 Å². The van der Waals surface area contributed by atoms with Crippen molar-refractivity contribution in [3.8, 4) is 56.6 Å². The number of aromatic amines is 1. The Morgan fingerprint density at radius 1 is 0.756 bits per heavy atom. The number of halogens is 1. The average molecular weight is 613 g/mol. The number of carbonyl (C=O) groups excluding carboxylic acids is 1. The van der Waals surface area contributed by atoms with E-state index in [9.17, 15) is 4.79 Å². The Kier molecular flexibility index (Phi) is 6.14. The van der Waals surface area contributed by atoms with E-state index in [4.69, 9.17) is 35.9 Å². The van der Waals surface area contributed by atoms with Crippen LogP contribution in [0.25, 0.3) is 61.3 Å². The van der Waals surface area contributed by atoms with Crippen LogP contribution in [0.3, 0.4) is 0 Å². The van der Waals surface area contributed by atoms with Crippen LogP contribution < -0.4 is 14.2 Å². The van der Waals surface area contributed by atoms with Crippen LogP contribution in [-0.2, 0) is 0 Å². The number of ketones is 1. The highest BCUT2D eigenvalue weighted by Crippen LogP contribution is 2.50. The highest BCUT2D eigenvalue weighted by molar-refractivity contribution is 6.30. The van der Waals surface area contributed by atoms with Crippen LogP contribution in [0.15, 0.2) is 91.1 Å². The molecule has 0 amide bonds. The molecule has 3 aromatic heterocycles. The predicted octanol–water partition coefficient (Wildman–Crippen LogP) is 8.13. The van der Waals surface area contributed by atoms with E-state index < -0.39 is 0 Å². The van der Waals surface area contributed by atoms with Crippen molar-refractivity contribution in [2.75, 3.05) is 21.3 Å². The number of para-hydroxylation sites is 1. The number of pyridine rings is 1. The minimum absolute atomic E-state index is 0.108. The molecule has 4 aromatic carbocycles. The molecule has 8 rings (SSSR count). The van der Waals surface area contributed by atoms with Gasteiger partial charge in [-0.15, -0.1) is 0 Å². The van der Waals surface area contributed by atoms with Crippen LogP contribution >= 0.6 is 11.6 Å². The zero-order valence-corrected chi connectivity index (χ0v) is 25.3. The Morgan fingerprint density at radius 2 is 1.44 bits per heavy atom. The molecule has 45 heavy (non-hydrogen) atoms. The smallest absolute Gasteiger partial charge is 0.203 e. The number of carbonyl (C=O) groups is 1. The van der Waals surface area contributed by atoms with Gasteiger partial charge in [0, 0.05) is 44.4 Å². The maximum atomic E-state index is 14.3. The zero-order chi connectivity index (χ0) is 30.8. The topological polar surface area (TPSA) is 91.3 Å². The van der Waals surface area contributed by atoms with Gasteiger partial charge in [-0.1, -0.05) is 54.1 Å². The van der Waals surface area contributed by atoms with Crippen LogP contribution in [0, 0.1) is 0 Å².